The van der Waals surface area contributed by atoms with Crippen molar-refractivity contribution in [3.63, 3.8) is 0 Å². The summed E-state index contributed by atoms with van der Waals surface area (Å²) in [4.78, 5) is 2.51. The lowest BCUT2D eigenvalue weighted by atomic mass is 10.1. The molecule has 0 saturated carbocycles. The fraction of sp³-hybridized carbons (Fsp3) is 0.647. The van der Waals surface area contributed by atoms with E-state index < -0.39 is 0 Å². The topological polar surface area (TPSA) is 15.3 Å². The van der Waals surface area contributed by atoms with E-state index in [-0.39, 0.29) is 0 Å². The third-order valence-corrected chi connectivity index (χ3v) is 3.63. The Kier molecular flexibility index (Phi) is 6.93. The van der Waals surface area contributed by atoms with Gasteiger partial charge in [0.2, 0.25) is 0 Å². The Bertz CT molecular complexity index is 360. The molecular formula is C17H30N2. The molecule has 0 saturated heterocycles. The highest BCUT2D eigenvalue weighted by Crippen LogP contribution is 2.23. The number of nitrogens with one attached hydrogen (secondary N) is 1. The van der Waals surface area contributed by atoms with Gasteiger partial charge in [-0.25, -0.2) is 0 Å². The largest absolute Gasteiger partial charge is 0.369 e. The normalized spacial score (nSPS) is 12.7. The lowest BCUT2D eigenvalue weighted by molar-refractivity contribution is 0.550. The van der Waals surface area contributed by atoms with Crippen molar-refractivity contribution in [1.29, 1.82) is 0 Å². The maximum Gasteiger partial charge on any atom is 0.0414 e. The summed E-state index contributed by atoms with van der Waals surface area (Å²) in [5, 5.41) is 3.55. The van der Waals surface area contributed by atoms with E-state index in [0.29, 0.717) is 12.0 Å². The molecule has 1 unspecified atom stereocenters. The Morgan fingerprint density at radius 3 is 2.37 bits per heavy atom. The molecule has 0 aliphatic rings. The van der Waals surface area contributed by atoms with Gasteiger partial charge < -0.3 is 10.2 Å². The number of hydrogen-bond donors (Lipinski definition) is 1. The Hall–Kier alpha value is -1.02. The monoisotopic (exact) mass is 262 g/mol. The number of rotatable bonds is 8. The molecule has 1 rings (SSSR count). The summed E-state index contributed by atoms with van der Waals surface area (Å²) in [6.07, 6.45) is 1.18. The predicted octanol–water partition coefficient (Wildman–Crippen LogP) is 4.06. The third-order valence-electron chi connectivity index (χ3n) is 3.63. The van der Waals surface area contributed by atoms with Crippen LogP contribution in [0, 0.1) is 5.92 Å². The van der Waals surface area contributed by atoms with Crippen molar-refractivity contribution in [3.8, 4) is 0 Å². The molecule has 0 radical (unpaired) electrons. The van der Waals surface area contributed by atoms with Crippen LogP contribution in [0.25, 0.3) is 0 Å². The second-order valence-corrected chi connectivity index (χ2v) is 5.70. The van der Waals surface area contributed by atoms with E-state index in [2.05, 4.69) is 69.1 Å². The zero-order chi connectivity index (χ0) is 14.3. The first-order valence-electron chi connectivity index (χ1n) is 7.65. The van der Waals surface area contributed by atoms with Crippen LogP contribution in [0.4, 0.5) is 5.69 Å². The van der Waals surface area contributed by atoms with E-state index in [1.165, 1.54) is 17.7 Å². The third kappa shape index (κ3) is 4.87. The molecule has 1 atom stereocenters. The van der Waals surface area contributed by atoms with Crippen LogP contribution < -0.4 is 10.2 Å². The van der Waals surface area contributed by atoms with Crippen LogP contribution in [-0.2, 0) is 6.54 Å². The Labute approximate surface area is 119 Å². The van der Waals surface area contributed by atoms with E-state index in [0.717, 1.165) is 19.6 Å². The molecule has 0 aromatic heterocycles. The van der Waals surface area contributed by atoms with Crippen LogP contribution in [-0.4, -0.2) is 19.1 Å². The lowest BCUT2D eigenvalue weighted by Gasteiger charge is -2.31. The molecule has 108 valence electrons. The van der Waals surface area contributed by atoms with Crippen LogP contribution in [0.2, 0.25) is 0 Å². The van der Waals surface area contributed by atoms with Gasteiger partial charge in [-0.15, -0.1) is 0 Å². The van der Waals surface area contributed by atoms with Gasteiger partial charge in [0.25, 0.3) is 0 Å². The van der Waals surface area contributed by atoms with Gasteiger partial charge in [-0.1, -0.05) is 39.0 Å². The van der Waals surface area contributed by atoms with Gasteiger partial charge in [-0.2, -0.15) is 0 Å². The highest BCUT2D eigenvalue weighted by Gasteiger charge is 2.13. The van der Waals surface area contributed by atoms with Crippen molar-refractivity contribution in [2.24, 2.45) is 5.92 Å². The van der Waals surface area contributed by atoms with Gasteiger partial charge in [0.15, 0.2) is 0 Å². The number of nitrogens with zero attached hydrogens (tertiary/aromatic N) is 1. The molecule has 1 N–H and O–H groups in total. The van der Waals surface area contributed by atoms with E-state index in [9.17, 15) is 0 Å². The van der Waals surface area contributed by atoms with Crippen molar-refractivity contribution in [1.82, 2.24) is 5.32 Å². The molecule has 0 bridgehead atoms. The molecule has 19 heavy (non-hydrogen) atoms. The van der Waals surface area contributed by atoms with Crippen molar-refractivity contribution in [2.45, 2.75) is 53.6 Å². The van der Waals surface area contributed by atoms with Gasteiger partial charge >= 0.3 is 0 Å². The van der Waals surface area contributed by atoms with Gasteiger partial charge in [0, 0.05) is 24.8 Å². The first-order valence-corrected chi connectivity index (χ1v) is 7.65. The summed E-state index contributed by atoms with van der Waals surface area (Å²) in [5.74, 6) is 0.698. The van der Waals surface area contributed by atoms with Crippen LogP contribution in [0.3, 0.4) is 0 Å². The van der Waals surface area contributed by atoms with Crippen LogP contribution in [0.5, 0.6) is 0 Å². The fourth-order valence-electron chi connectivity index (χ4n) is 2.38. The van der Waals surface area contributed by atoms with E-state index in [1.54, 1.807) is 0 Å². The molecular weight excluding hydrogens is 232 g/mol. The maximum atomic E-state index is 3.55. The molecule has 0 aliphatic heterocycles. The summed E-state index contributed by atoms with van der Waals surface area (Å²) < 4.78 is 0. The summed E-state index contributed by atoms with van der Waals surface area (Å²) in [7, 11) is 0. The summed E-state index contributed by atoms with van der Waals surface area (Å²) in [5.41, 5.74) is 2.79. The second kappa shape index (κ2) is 8.21. The fourth-order valence-corrected chi connectivity index (χ4v) is 2.38. The van der Waals surface area contributed by atoms with Gasteiger partial charge in [0.1, 0.15) is 0 Å². The molecule has 1 aromatic carbocycles. The Balaban J connectivity index is 2.81. The minimum Gasteiger partial charge on any atom is -0.369 e. The Morgan fingerprint density at radius 1 is 1.11 bits per heavy atom. The van der Waals surface area contributed by atoms with Crippen LogP contribution in [0.1, 0.15) is 46.6 Å². The molecule has 0 heterocycles. The SMILES string of the molecule is CCC(C)N(CC)c1ccccc1CNCC(C)C. The van der Waals surface area contributed by atoms with Gasteiger partial charge in [0.05, 0.1) is 0 Å². The minimum atomic E-state index is 0.594. The molecule has 0 fully saturated rings. The molecule has 0 aliphatic carbocycles. The lowest BCUT2D eigenvalue weighted by Crippen LogP contribution is -2.33. The number of hydrogen-bond acceptors (Lipinski definition) is 2. The molecule has 1 aromatic rings. The summed E-state index contributed by atoms with van der Waals surface area (Å²) >= 11 is 0. The zero-order valence-corrected chi connectivity index (χ0v) is 13.2. The van der Waals surface area contributed by atoms with Crippen molar-refractivity contribution in [3.05, 3.63) is 29.8 Å². The highest BCUT2D eigenvalue weighted by atomic mass is 15.2. The smallest absolute Gasteiger partial charge is 0.0414 e. The summed E-state index contributed by atoms with van der Waals surface area (Å²) in [6.45, 7) is 14.4. The average Bonchev–Trinajstić information content (AvgIpc) is 2.40. The number of benzene rings is 1. The van der Waals surface area contributed by atoms with Crippen molar-refractivity contribution < 1.29 is 0 Å². The zero-order valence-electron chi connectivity index (χ0n) is 13.2. The molecule has 0 spiro atoms. The molecule has 2 heteroatoms. The van der Waals surface area contributed by atoms with E-state index in [1.807, 2.05) is 0 Å². The number of anilines is 1. The first kappa shape index (κ1) is 16.0. The van der Waals surface area contributed by atoms with Gasteiger partial charge in [-0.05, 0) is 44.4 Å². The highest BCUT2D eigenvalue weighted by molar-refractivity contribution is 5.54. The molecule has 0 amide bonds. The van der Waals surface area contributed by atoms with Crippen molar-refractivity contribution >= 4 is 5.69 Å². The minimum absolute atomic E-state index is 0.594. The quantitative estimate of drug-likeness (QED) is 0.760. The van der Waals surface area contributed by atoms with E-state index in [4.69, 9.17) is 0 Å². The molecule has 2 nitrogen and oxygen atoms in total. The first-order chi connectivity index (χ1) is 9.10. The van der Waals surface area contributed by atoms with Crippen LogP contribution >= 0.6 is 0 Å². The average molecular weight is 262 g/mol. The maximum absolute atomic E-state index is 3.55. The van der Waals surface area contributed by atoms with Crippen LogP contribution in [0.15, 0.2) is 24.3 Å². The number of para-hydroxylation sites is 1. The summed E-state index contributed by atoms with van der Waals surface area (Å²) in [6, 6.07) is 9.37. The standard InChI is InChI=1S/C17H30N2/c1-6-15(5)19(7-2)17-11-9-8-10-16(17)13-18-12-14(3)4/h8-11,14-15,18H,6-7,12-13H2,1-5H3. The van der Waals surface area contributed by atoms with Gasteiger partial charge in [-0.3, -0.25) is 0 Å². The van der Waals surface area contributed by atoms with E-state index >= 15 is 0 Å². The van der Waals surface area contributed by atoms with Crippen molar-refractivity contribution in [2.75, 3.05) is 18.0 Å². The predicted molar refractivity (Wildman–Crippen MR) is 85.8 cm³/mol. The Morgan fingerprint density at radius 2 is 1.79 bits per heavy atom. The second-order valence-electron chi connectivity index (χ2n) is 5.70.